The van der Waals surface area contributed by atoms with Gasteiger partial charge in [0, 0.05) is 17.0 Å². The van der Waals surface area contributed by atoms with Gasteiger partial charge in [0.15, 0.2) is 0 Å². The number of hydrogen-bond acceptors (Lipinski definition) is 4. The third-order valence-corrected chi connectivity index (χ3v) is 3.06. The van der Waals surface area contributed by atoms with Crippen LogP contribution in [0.3, 0.4) is 0 Å². The lowest BCUT2D eigenvalue weighted by molar-refractivity contribution is -0.0328. The molecule has 100 valence electrons. The lowest BCUT2D eigenvalue weighted by atomic mass is 10.1. The summed E-state index contributed by atoms with van der Waals surface area (Å²) in [4.78, 5) is 8.17. The highest BCUT2D eigenvalue weighted by Gasteiger charge is 2.29. The Balaban J connectivity index is 2.22. The largest absolute Gasteiger partial charge is 0.446 e. The monoisotopic (exact) mass is 285 g/mol. The Bertz CT molecular complexity index is 555. The minimum Gasteiger partial charge on any atom is -0.325 e. The lowest BCUT2D eigenvalue weighted by Crippen LogP contribution is -2.00. The molecule has 0 atom stereocenters. The number of nitrogens with zero attached hydrogens (tertiary/aromatic N) is 2. The van der Waals surface area contributed by atoms with E-state index in [1.165, 1.54) is 18.5 Å². The van der Waals surface area contributed by atoms with Crippen LogP contribution in [-0.4, -0.2) is 15.5 Å². The lowest BCUT2D eigenvalue weighted by Gasteiger charge is -2.06. The fourth-order valence-corrected chi connectivity index (χ4v) is 2.03. The van der Waals surface area contributed by atoms with Gasteiger partial charge in [-0.15, -0.1) is 0 Å². The Morgan fingerprint density at radius 1 is 1.11 bits per heavy atom. The third-order valence-electron chi connectivity index (χ3n) is 2.32. The van der Waals surface area contributed by atoms with Crippen LogP contribution in [0, 0.1) is 0 Å². The number of halogens is 3. The van der Waals surface area contributed by atoms with Gasteiger partial charge in [0.05, 0.1) is 11.4 Å². The van der Waals surface area contributed by atoms with Crippen molar-refractivity contribution in [2.75, 3.05) is 0 Å². The molecule has 19 heavy (non-hydrogen) atoms. The summed E-state index contributed by atoms with van der Waals surface area (Å²) >= 11 is -0.140. The smallest absolute Gasteiger partial charge is 0.325 e. The zero-order valence-electron chi connectivity index (χ0n) is 9.69. The normalized spacial score (nSPS) is 11.6. The van der Waals surface area contributed by atoms with Crippen molar-refractivity contribution >= 4 is 11.8 Å². The van der Waals surface area contributed by atoms with Crippen LogP contribution in [0.2, 0.25) is 0 Å². The quantitative estimate of drug-likeness (QED) is 0.880. The summed E-state index contributed by atoms with van der Waals surface area (Å²) in [6, 6.07) is 7.73. The van der Waals surface area contributed by atoms with E-state index in [2.05, 4.69) is 9.97 Å². The van der Waals surface area contributed by atoms with Gasteiger partial charge in [0.25, 0.3) is 0 Å². The van der Waals surface area contributed by atoms with Gasteiger partial charge in [-0.2, -0.15) is 13.2 Å². The van der Waals surface area contributed by atoms with Crippen molar-refractivity contribution in [3.8, 4) is 11.3 Å². The molecule has 0 aliphatic heterocycles. The molecule has 0 saturated heterocycles. The summed E-state index contributed by atoms with van der Waals surface area (Å²) in [6.07, 6.45) is 1.38. The first-order chi connectivity index (χ1) is 8.98. The van der Waals surface area contributed by atoms with Crippen molar-refractivity contribution in [2.24, 2.45) is 5.73 Å². The van der Waals surface area contributed by atoms with Gasteiger partial charge in [-0.1, -0.05) is 12.1 Å². The fourth-order valence-electron chi connectivity index (χ4n) is 1.49. The second-order valence-corrected chi connectivity index (χ2v) is 4.81. The molecule has 0 aliphatic rings. The number of hydrogen-bond donors (Lipinski definition) is 1. The van der Waals surface area contributed by atoms with Crippen molar-refractivity contribution in [3.63, 3.8) is 0 Å². The number of rotatable bonds is 3. The van der Waals surface area contributed by atoms with Crippen molar-refractivity contribution < 1.29 is 13.2 Å². The Kier molecular flexibility index (Phi) is 4.06. The van der Waals surface area contributed by atoms with Crippen LogP contribution < -0.4 is 5.73 Å². The highest BCUT2D eigenvalue weighted by Crippen LogP contribution is 2.37. The van der Waals surface area contributed by atoms with Crippen LogP contribution in [0.5, 0.6) is 0 Å². The Morgan fingerprint density at radius 3 is 2.37 bits per heavy atom. The summed E-state index contributed by atoms with van der Waals surface area (Å²) in [5.74, 6) is 0. The van der Waals surface area contributed by atoms with E-state index in [1.807, 2.05) is 0 Å². The van der Waals surface area contributed by atoms with E-state index < -0.39 is 5.51 Å². The first-order valence-corrected chi connectivity index (χ1v) is 6.17. The van der Waals surface area contributed by atoms with Gasteiger partial charge in [0.2, 0.25) is 0 Å². The highest BCUT2D eigenvalue weighted by molar-refractivity contribution is 8.00. The molecule has 2 rings (SSSR count). The van der Waals surface area contributed by atoms with Crippen LogP contribution in [0.4, 0.5) is 13.2 Å². The van der Waals surface area contributed by atoms with E-state index in [0.717, 1.165) is 5.56 Å². The molecule has 1 heterocycles. The molecular formula is C12H10F3N3S. The average molecular weight is 285 g/mol. The van der Waals surface area contributed by atoms with Crippen LogP contribution in [0.25, 0.3) is 11.3 Å². The molecule has 2 N–H and O–H groups in total. The Hall–Kier alpha value is -1.60. The van der Waals surface area contributed by atoms with E-state index in [4.69, 9.17) is 5.73 Å². The molecule has 7 heteroatoms. The van der Waals surface area contributed by atoms with Crippen LogP contribution in [-0.2, 0) is 6.54 Å². The first-order valence-electron chi connectivity index (χ1n) is 5.35. The van der Waals surface area contributed by atoms with E-state index in [1.54, 1.807) is 18.2 Å². The maximum absolute atomic E-state index is 12.2. The number of thioether (sulfide) groups is 1. The molecule has 0 bridgehead atoms. The molecule has 1 aromatic heterocycles. The maximum Gasteiger partial charge on any atom is 0.446 e. The van der Waals surface area contributed by atoms with Crippen molar-refractivity contribution in [3.05, 3.63) is 42.4 Å². The maximum atomic E-state index is 12.2. The van der Waals surface area contributed by atoms with Crippen molar-refractivity contribution in [2.45, 2.75) is 16.9 Å². The number of alkyl halides is 3. The van der Waals surface area contributed by atoms with Gasteiger partial charge in [-0.25, -0.2) is 9.97 Å². The minimum absolute atomic E-state index is 0.140. The minimum atomic E-state index is -4.27. The zero-order chi connectivity index (χ0) is 13.9. The summed E-state index contributed by atoms with van der Waals surface area (Å²) in [5.41, 5.74) is 3.24. The van der Waals surface area contributed by atoms with Gasteiger partial charge >= 0.3 is 5.51 Å². The summed E-state index contributed by atoms with van der Waals surface area (Å²) in [6.45, 7) is 0.289. The second kappa shape index (κ2) is 5.58. The van der Waals surface area contributed by atoms with E-state index >= 15 is 0 Å². The Labute approximate surface area is 112 Å². The molecular weight excluding hydrogens is 275 g/mol. The van der Waals surface area contributed by atoms with Gasteiger partial charge in [-0.05, 0) is 30.0 Å². The van der Waals surface area contributed by atoms with Gasteiger partial charge in [0.1, 0.15) is 6.33 Å². The molecule has 2 aromatic rings. The predicted molar refractivity (Wildman–Crippen MR) is 67.3 cm³/mol. The number of nitrogens with two attached hydrogens (primary N) is 1. The van der Waals surface area contributed by atoms with E-state index in [-0.39, 0.29) is 23.2 Å². The first kappa shape index (κ1) is 13.8. The predicted octanol–water partition coefficient (Wildman–Crippen LogP) is 3.21. The highest BCUT2D eigenvalue weighted by atomic mass is 32.2. The van der Waals surface area contributed by atoms with Crippen molar-refractivity contribution in [1.29, 1.82) is 0 Å². The fraction of sp³-hybridized carbons (Fsp3) is 0.167. The topological polar surface area (TPSA) is 51.8 Å². The molecule has 0 fully saturated rings. The summed E-state index contributed by atoms with van der Waals surface area (Å²) in [7, 11) is 0. The average Bonchev–Trinajstić information content (AvgIpc) is 2.38. The number of benzene rings is 1. The van der Waals surface area contributed by atoms with Gasteiger partial charge in [-0.3, -0.25) is 0 Å². The molecule has 0 amide bonds. The molecule has 1 aromatic carbocycles. The second-order valence-electron chi connectivity index (χ2n) is 3.67. The third kappa shape index (κ3) is 3.93. The van der Waals surface area contributed by atoms with E-state index in [9.17, 15) is 13.2 Å². The molecule has 0 saturated carbocycles. The SMILES string of the molecule is NCc1cc(-c2ccc(SC(F)(F)F)cc2)ncn1. The van der Waals surface area contributed by atoms with Crippen molar-refractivity contribution in [1.82, 2.24) is 9.97 Å². The zero-order valence-corrected chi connectivity index (χ0v) is 10.5. The summed E-state index contributed by atoms with van der Waals surface area (Å²) < 4.78 is 36.6. The summed E-state index contributed by atoms with van der Waals surface area (Å²) in [5, 5.41) is 0. The molecule has 0 radical (unpaired) electrons. The van der Waals surface area contributed by atoms with Crippen LogP contribution in [0.1, 0.15) is 5.69 Å². The Morgan fingerprint density at radius 2 is 1.79 bits per heavy atom. The number of aromatic nitrogens is 2. The van der Waals surface area contributed by atoms with Crippen LogP contribution >= 0.6 is 11.8 Å². The molecule has 0 aliphatic carbocycles. The standard InChI is InChI=1S/C12H10F3N3S/c13-12(14,15)19-10-3-1-8(2-4-10)11-5-9(6-16)17-7-18-11/h1-5,7H,6,16H2. The van der Waals surface area contributed by atoms with Gasteiger partial charge < -0.3 is 5.73 Å². The molecule has 3 nitrogen and oxygen atoms in total. The van der Waals surface area contributed by atoms with Crippen LogP contribution in [0.15, 0.2) is 41.6 Å². The molecule has 0 unspecified atom stereocenters. The van der Waals surface area contributed by atoms with E-state index in [0.29, 0.717) is 11.4 Å². The molecule has 0 spiro atoms.